The molecule has 0 aromatic carbocycles. The molecule has 0 aromatic rings. The minimum Gasteiger partial charge on any atom is -0.481 e. The van der Waals surface area contributed by atoms with Gasteiger partial charge in [-0.3, -0.25) is 4.79 Å². The van der Waals surface area contributed by atoms with Crippen LogP contribution in [0.2, 0.25) is 0 Å². The second kappa shape index (κ2) is 7.06. The first-order valence-electron chi connectivity index (χ1n) is 4.34. The van der Waals surface area contributed by atoms with Gasteiger partial charge in [0.15, 0.2) is 0 Å². The van der Waals surface area contributed by atoms with Gasteiger partial charge >= 0.3 is 5.97 Å². The molecule has 0 heterocycles. The zero-order valence-corrected chi connectivity index (χ0v) is 7.33. The average molecular weight is 174 g/mol. The van der Waals surface area contributed by atoms with Gasteiger partial charge in [0.1, 0.15) is 0 Å². The molecule has 4 nitrogen and oxygen atoms in total. The smallest absolute Gasteiger partial charge is 0.304 e. The van der Waals surface area contributed by atoms with Crippen molar-refractivity contribution in [1.29, 1.82) is 0 Å². The van der Waals surface area contributed by atoms with Gasteiger partial charge in [0, 0.05) is 6.04 Å². The molecule has 0 aromatic heterocycles. The van der Waals surface area contributed by atoms with E-state index in [-0.39, 0.29) is 12.5 Å². The molecule has 4 heteroatoms. The zero-order valence-electron chi connectivity index (χ0n) is 7.33. The topological polar surface area (TPSA) is 89.3 Å². The number of carboxylic acids is 1. The van der Waals surface area contributed by atoms with Crippen molar-refractivity contribution in [3.63, 3.8) is 0 Å². The van der Waals surface area contributed by atoms with Crippen molar-refractivity contribution in [2.24, 2.45) is 11.5 Å². The molecule has 0 aliphatic rings. The Morgan fingerprint density at radius 3 is 2.50 bits per heavy atom. The molecule has 0 radical (unpaired) electrons. The number of unbranched alkanes of at least 4 members (excludes halogenated alkanes) is 2. The second-order valence-corrected chi connectivity index (χ2v) is 3.00. The Hall–Kier alpha value is -0.610. The summed E-state index contributed by atoms with van der Waals surface area (Å²) in [4.78, 5) is 10.2. The number of nitrogens with two attached hydrogens (primary N) is 2. The Labute approximate surface area is 72.9 Å². The van der Waals surface area contributed by atoms with Gasteiger partial charge in [-0.05, 0) is 19.4 Å². The van der Waals surface area contributed by atoms with E-state index in [1.165, 1.54) is 0 Å². The fourth-order valence-corrected chi connectivity index (χ4v) is 1.05. The van der Waals surface area contributed by atoms with Gasteiger partial charge in [-0.25, -0.2) is 0 Å². The van der Waals surface area contributed by atoms with E-state index < -0.39 is 5.97 Å². The minimum atomic E-state index is -0.818. The largest absolute Gasteiger partial charge is 0.481 e. The van der Waals surface area contributed by atoms with Crippen LogP contribution >= 0.6 is 0 Å². The summed E-state index contributed by atoms with van der Waals surface area (Å²) in [5, 5.41) is 8.39. The van der Waals surface area contributed by atoms with Gasteiger partial charge in [-0.2, -0.15) is 0 Å². The first-order chi connectivity index (χ1) is 5.66. The van der Waals surface area contributed by atoms with Gasteiger partial charge in [-0.1, -0.05) is 12.8 Å². The van der Waals surface area contributed by atoms with Gasteiger partial charge in [0.25, 0.3) is 0 Å². The minimum absolute atomic E-state index is 0.0720. The normalized spacial score (nSPS) is 12.8. The van der Waals surface area contributed by atoms with E-state index in [0.29, 0.717) is 6.54 Å². The van der Waals surface area contributed by atoms with Crippen LogP contribution in [0.5, 0.6) is 0 Å². The number of hydrogen-bond donors (Lipinski definition) is 3. The van der Waals surface area contributed by atoms with Crippen LogP contribution in [-0.4, -0.2) is 23.7 Å². The maximum absolute atomic E-state index is 10.2. The highest BCUT2D eigenvalue weighted by molar-refractivity contribution is 5.67. The standard InChI is InChI=1S/C8H18N2O2/c9-5-3-1-2-4-7(10)6-8(11)12/h7H,1-6,9-10H2,(H,11,12)/t7-/m0/s1. The molecular formula is C8H18N2O2. The van der Waals surface area contributed by atoms with Crippen molar-refractivity contribution in [3.8, 4) is 0 Å². The molecule has 0 aliphatic heterocycles. The van der Waals surface area contributed by atoms with E-state index in [0.717, 1.165) is 25.7 Å². The van der Waals surface area contributed by atoms with Gasteiger partial charge in [0.2, 0.25) is 0 Å². The number of aliphatic carboxylic acids is 1. The van der Waals surface area contributed by atoms with Crippen molar-refractivity contribution in [1.82, 2.24) is 0 Å². The molecule has 0 saturated heterocycles. The van der Waals surface area contributed by atoms with Gasteiger partial charge in [0.05, 0.1) is 6.42 Å². The van der Waals surface area contributed by atoms with Crippen LogP contribution in [0, 0.1) is 0 Å². The second-order valence-electron chi connectivity index (χ2n) is 3.00. The number of rotatable bonds is 7. The Bertz CT molecular complexity index is 128. The molecular weight excluding hydrogens is 156 g/mol. The third-order valence-corrected chi connectivity index (χ3v) is 1.72. The summed E-state index contributed by atoms with van der Waals surface area (Å²) >= 11 is 0. The highest BCUT2D eigenvalue weighted by Crippen LogP contribution is 2.03. The Morgan fingerprint density at radius 2 is 2.00 bits per heavy atom. The lowest BCUT2D eigenvalue weighted by atomic mass is 10.1. The van der Waals surface area contributed by atoms with Crippen LogP contribution in [0.4, 0.5) is 0 Å². The molecule has 0 unspecified atom stereocenters. The summed E-state index contributed by atoms with van der Waals surface area (Å²) in [5.74, 6) is -0.818. The average Bonchev–Trinajstić information content (AvgIpc) is 1.97. The van der Waals surface area contributed by atoms with E-state index in [2.05, 4.69) is 0 Å². The molecule has 72 valence electrons. The molecule has 5 N–H and O–H groups in total. The van der Waals surface area contributed by atoms with Crippen molar-refractivity contribution in [2.75, 3.05) is 6.54 Å². The lowest BCUT2D eigenvalue weighted by Gasteiger charge is -2.07. The number of hydrogen-bond acceptors (Lipinski definition) is 3. The summed E-state index contributed by atoms with van der Waals surface area (Å²) in [6.07, 6.45) is 3.88. The number of carbonyl (C=O) groups is 1. The molecule has 0 spiro atoms. The summed E-state index contributed by atoms with van der Waals surface area (Å²) in [6.45, 7) is 0.703. The van der Waals surface area contributed by atoms with Crippen LogP contribution in [0.25, 0.3) is 0 Å². The third kappa shape index (κ3) is 7.50. The van der Waals surface area contributed by atoms with Crippen molar-refractivity contribution >= 4 is 5.97 Å². The van der Waals surface area contributed by atoms with E-state index in [1.807, 2.05) is 0 Å². The Balaban J connectivity index is 3.19. The SMILES string of the molecule is NCCCCC[C@H](N)CC(=O)O. The molecule has 0 fully saturated rings. The Kier molecular flexibility index (Phi) is 6.70. The fourth-order valence-electron chi connectivity index (χ4n) is 1.05. The van der Waals surface area contributed by atoms with Crippen LogP contribution in [-0.2, 0) is 4.79 Å². The highest BCUT2D eigenvalue weighted by Gasteiger charge is 2.06. The Morgan fingerprint density at radius 1 is 1.33 bits per heavy atom. The first kappa shape index (κ1) is 11.4. The van der Waals surface area contributed by atoms with Gasteiger partial charge in [-0.15, -0.1) is 0 Å². The summed E-state index contributed by atoms with van der Waals surface area (Å²) < 4.78 is 0. The predicted octanol–water partition coefficient (Wildman–Crippen LogP) is 0.308. The van der Waals surface area contributed by atoms with E-state index in [1.54, 1.807) is 0 Å². The van der Waals surface area contributed by atoms with Crippen molar-refractivity contribution < 1.29 is 9.90 Å². The van der Waals surface area contributed by atoms with Crippen LogP contribution in [0.3, 0.4) is 0 Å². The van der Waals surface area contributed by atoms with Crippen molar-refractivity contribution in [2.45, 2.75) is 38.1 Å². The zero-order chi connectivity index (χ0) is 9.40. The molecule has 0 amide bonds. The van der Waals surface area contributed by atoms with Crippen molar-refractivity contribution in [3.05, 3.63) is 0 Å². The molecule has 1 atom stereocenters. The highest BCUT2D eigenvalue weighted by atomic mass is 16.4. The lowest BCUT2D eigenvalue weighted by molar-refractivity contribution is -0.137. The van der Waals surface area contributed by atoms with E-state index >= 15 is 0 Å². The maximum atomic E-state index is 10.2. The van der Waals surface area contributed by atoms with Gasteiger partial charge < -0.3 is 16.6 Å². The van der Waals surface area contributed by atoms with Crippen LogP contribution < -0.4 is 11.5 Å². The summed E-state index contributed by atoms with van der Waals surface area (Å²) in [6, 6.07) is -0.194. The molecule has 0 bridgehead atoms. The first-order valence-corrected chi connectivity index (χ1v) is 4.34. The molecule has 0 aliphatic carbocycles. The van der Waals surface area contributed by atoms with Crippen LogP contribution in [0.1, 0.15) is 32.1 Å². The summed E-state index contributed by atoms with van der Waals surface area (Å²) in [7, 11) is 0. The monoisotopic (exact) mass is 174 g/mol. The number of carboxylic acid groups (broad SMARTS) is 1. The molecule has 0 saturated carbocycles. The van der Waals surface area contributed by atoms with E-state index in [9.17, 15) is 4.79 Å². The quantitative estimate of drug-likeness (QED) is 0.484. The van der Waals surface area contributed by atoms with Crippen LogP contribution in [0.15, 0.2) is 0 Å². The molecule has 0 rings (SSSR count). The fraction of sp³-hybridized carbons (Fsp3) is 0.875. The predicted molar refractivity (Wildman–Crippen MR) is 47.8 cm³/mol. The molecule has 12 heavy (non-hydrogen) atoms. The van der Waals surface area contributed by atoms with E-state index in [4.69, 9.17) is 16.6 Å². The lowest BCUT2D eigenvalue weighted by Crippen LogP contribution is -2.23. The summed E-state index contributed by atoms with van der Waals surface area (Å²) in [5.41, 5.74) is 10.8. The third-order valence-electron chi connectivity index (χ3n) is 1.72. The maximum Gasteiger partial charge on any atom is 0.304 e.